The van der Waals surface area contributed by atoms with Crippen LogP contribution >= 0.6 is 0 Å². The molecule has 3 heterocycles. The van der Waals surface area contributed by atoms with Gasteiger partial charge in [0.25, 0.3) is 0 Å². The molecule has 1 fully saturated rings. The van der Waals surface area contributed by atoms with E-state index in [-0.39, 0.29) is 24.3 Å². The Morgan fingerprint density at radius 1 is 1.09 bits per heavy atom. The van der Waals surface area contributed by atoms with Crippen LogP contribution in [0.15, 0.2) is 73.2 Å². The van der Waals surface area contributed by atoms with Gasteiger partial charge in [-0.2, -0.15) is 0 Å². The van der Waals surface area contributed by atoms with E-state index in [1.807, 2.05) is 54.9 Å². The minimum Gasteiger partial charge on any atom is -0.478 e. The van der Waals surface area contributed by atoms with E-state index in [4.69, 9.17) is 9.47 Å². The fourth-order valence-electron chi connectivity index (χ4n) is 4.75. The smallest absolute Gasteiger partial charge is 0.338 e. The summed E-state index contributed by atoms with van der Waals surface area (Å²) >= 11 is 0. The number of hydrogen-bond donors (Lipinski definition) is 1. The number of carbonyl (C=O) groups is 2. The summed E-state index contributed by atoms with van der Waals surface area (Å²) in [5.74, 6) is -1.69. The molecule has 2 aromatic heterocycles. The number of rotatable bonds is 6. The van der Waals surface area contributed by atoms with Crippen molar-refractivity contribution >= 4 is 22.8 Å². The Kier molecular flexibility index (Phi) is 6.09. The van der Waals surface area contributed by atoms with Gasteiger partial charge < -0.3 is 19.1 Å². The molecule has 1 aliphatic rings. The Morgan fingerprint density at radius 3 is 2.63 bits per heavy atom. The van der Waals surface area contributed by atoms with Crippen molar-refractivity contribution in [2.45, 2.75) is 38.5 Å². The number of pyridine rings is 1. The Morgan fingerprint density at radius 2 is 1.86 bits per heavy atom. The molecule has 3 atom stereocenters. The molecule has 1 N–H and O–H groups in total. The third kappa shape index (κ3) is 4.55. The fraction of sp³-hybridized carbons (Fsp3) is 0.250. The molecule has 0 radical (unpaired) electrons. The monoisotopic (exact) mass is 470 g/mol. The van der Waals surface area contributed by atoms with E-state index in [1.54, 1.807) is 36.7 Å². The number of benzene rings is 2. The van der Waals surface area contributed by atoms with Crippen molar-refractivity contribution in [3.8, 4) is 0 Å². The fourth-order valence-corrected chi connectivity index (χ4v) is 4.75. The Hall–Kier alpha value is -3.97. The summed E-state index contributed by atoms with van der Waals surface area (Å²) in [5.41, 5.74) is 4.38. The normalized spacial score (nSPS) is 19.7. The Balaban J connectivity index is 1.46. The minimum absolute atomic E-state index is 0.0155. The van der Waals surface area contributed by atoms with Crippen LogP contribution in [0.1, 0.15) is 56.0 Å². The first-order valence-corrected chi connectivity index (χ1v) is 11.5. The summed E-state index contributed by atoms with van der Waals surface area (Å²) in [7, 11) is 0. The zero-order chi connectivity index (χ0) is 24.5. The van der Waals surface area contributed by atoms with E-state index in [2.05, 4.69) is 4.98 Å². The second-order valence-electron chi connectivity index (χ2n) is 8.99. The number of ether oxygens (including phenoxy) is 2. The largest absolute Gasteiger partial charge is 0.478 e. The molecule has 4 aromatic rings. The summed E-state index contributed by atoms with van der Waals surface area (Å²) < 4.78 is 14.1. The van der Waals surface area contributed by atoms with E-state index in [9.17, 15) is 14.7 Å². The van der Waals surface area contributed by atoms with Crippen LogP contribution in [0.2, 0.25) is 0 Å². The van der Waals surface area contributed by atoms with Crippen molar-refractivity contribution in [1.29, 1.82) is 0 Å². The summed E-state index contributed by atoms with van der Waals surface area (Å²) in [5, 5.41) is 10.8. The number of fused-ring (bicyclic) bond motifs is 1. The highest BCUT2D eigenvalue weighted by atomic mass is 16.6. The molecule has 1 aliphatic heterocycles. The van der Waals surface area contributed by atoms with Gasteiger partial charge in [0.05, 0.1) is 16.6 Å². The van der Waals surface area contributed by atoms with Gasteiger partial charge in [-0.3, -0.25) is 4.98 Å². The number of carboxylic acid groups (broad SMARTS) is 1. The number of aromatic nitrogens is 2. The average molecular weight is 471 g/mol. The molecular formula is C28H26N2O5. The van der Waals surface area contributed by atoms with Crippen molar-refractivity contribution < 1.29 is 24.2 Å². The molecule has 0 spiro atoms. The van der Waals surface area contributed by atoms with Crippen LogP contribution < -0.4 is 0 Å². The van der Waals surface area contributed by atoms with Crippen LogP contribution in [-0.4, -0.2) is 39.3 Å². The first-order valence-electron chi connectivity index (χ1n) is 11.5. The van der Waals surface area contributed by atoms with Crippen LogP contribution in [0, 0.1) is 13.8 Å². The molecule has 0 bridgehead atoms. The zero-order valence-electron chi connectivity index (χ0n) is 19.5. The molecular weight excluding hydrogens is 444 g/mol. The molecule has 178 valence electrons. The van der Waals surface area contributed by atoms with E-state index >= 15 is 0 Å². The van der Waals surface area contributed by atoms with Crippen LogP contribution in [0.25, 0.3) is 10.9 Å². The number of aryl methyl sites for hydroxylation is 2. The lowest BCUT2D eigenvalue weighted by Crippen LogP contribution is -2.25. The highest BCUT2D eigenvalue weighted by Gasteiger charge is 2.40. The maximum Gasteiger partial charge on any atom is 0.338 e. The van der Waals surface area contributed by atoms with Gasteiger partial charge in [-0.05, 0) is 49.7 Å². The molecule has 35 heavy (non-hydrogen) atoms. The summed E-state index contributed by atoms with van der Waals surface area (Å²) in [6, 6.07) is 16.4. The maximum absolute atomic E-state index is 12.7. The molecule has 0 unspecified atom stereocenters. The van der Waals surface area contributed by atoms with Crippen molar-refractivity contribution in [3.63, 3.8) is 0 Å². The number of esters is 1. The highest BCUT2D eigenvalue weighted by molar-refractivity contribution is 5.90. The van der Waals surface area contributed by atoms with Crippen LogP contribution in [-0.2, 0) is 9.47 Å². The lowest BCUT2D eigenvalue weighted by Gasteiger charge is -2.20. The molecule has 5 rings (SSSR count). The average Bonchev–Trinajstić information content (AvgIpc) is 3.47. The zero-order valence-corrected chi connectivity index (χ0v) is 19.5. The SMILES string of the molecule is Cc1ccc(C(=O)OC[C@@H]2O[C@@H](n3ccc4cnccc43)C[C@H]2c2cc(C)ccc2C(=O)O)cc1. The summed E-state index contributed by atoms with van der Waals surface area (Å²) in [4.78, 5) is 28.9. The van der Waals surface area contributed by atoms with Gasteiger partial charge in [0.1, 0.15) is 18.9 Å². The highest BCUT2D eigenvalue weighted by Crippen LogP contribution is 2.43. The Labute approximate surface area is 202 Å². The van der Waals surface area contributed by atoms with Crippen molar-refractivity contribution in [1.82, 2.24) is 9.55 Å². The molecule has 1 saturated heterocycles. The van der Waals surface area contributed by atoms with E-state index in [0.717, 1.165) is 22.0 Å². The van der Waals surface area contributed by atoms with Gasteiger partial charge in [-0.15, -0.1) is 0 Å². The molecule has 0 amide bonds. The molecule has 0 saturated carbocycles. The standard InChI is InChI=1S/C28H26N2O5/c1-17-3-6-19(7-4-17)28(33)34-16-25-23(22-13-18(2)5-8-21(22)27(31)32)14-26(35-25)30-12-10-20-15-29-11-9-24(20)30/h3-13,15,23,25-26H,14,16H2,1-2H3,(H,31,32)/t23-,25-,26+/m0/s1. The number of nitrogens with zero attached hydrogens (tertiary/aromatic N) is 2. The second-order valence-corrected chi connectivity index (χ2v) is 8.99. The summed E-state index contributed by atoms with van der Waals surface area (Å²) in [6.45, 7) is 3.90. The lowest BCUT2D eigenvalue weighted by molar-refractivity contribution is -0.0334. The van der Waals surface area contributed by atoms with Gasteiger partial charge in [0.2, 0.25) is 0 Å². The third-order valence-corrected chi connectivity index (χ3v) is 6.57. The number of hydrogen-bond acceptors (Lipinski definition) is 5. The van der Waals surface area contributed by atoms with Crippen LogP contribution in [0.5, 0.6) is 0 Å². The third-order valence-electron chi connectivity index (χ3n) is 6.57. The van der Waals surface area contributed by atoms with Crippen molar-refractivity contribution in [2.75, 3.05) is 6.61 Å². The van der Waals surface area contributed by atoms with Crippen LogP contribution in [0.3, 0.4) is 0 Å². The van der Waals surface area contributed by atoms with Crippen molar-refractivity contribution in [3.05, 3.63) is 101 Å². The quantitative estimate of drug-likeness (QED) is 0.386. The number of carboxylic acids is 1. The van der Waals surface area contributed by atoms with Gasteiger partial charge in [0, 0.05) is 36.3 Å². The van der Waals surface area contributed by atoms with Crippen LogP contribution in [0.4, 0.5) is 0 Å². The van der Waals surface area contributed by atoms with E-state index in [0.29, 0.717) is 17.5 Å². The first-order chi connectivity index (χ1) is 16.9. The van der Waals surface area contributed by atoms with Gasteiger partial charge in [-0.25, -0.2) is 9.59 Å². The van der Waals surface area contributed by atoms with Crippen molar-refractivity contribution in [2.24, 2.45) is 0 Å². The number of carbonyl (C=O) groups excluding carboxylic acids is 1. The molecule has 2 aromatic carbocycles. The van der Waals surface area contributed by atoms with Gasteiger partial charge >= 0.3 is 11.9 Å². The topological polar surface area (TPSA) is 90.7 Å². The Bertz CT molecular complexity index is 1390. The molecule has 7 nitrogen and oxygen atoms in total. The molecule has 7 heteroatoms. The van der Waals surface area contributed by atoms with E-state index in [1.165, 1.54) is 0 Å². The minimum atomic E-state index is -0.990. The molecule has 0 aliphatic carbocycles. The first kappa shape index (κ1) is 22.8. The maximum atomic E-state index is 12.7. The lowest BCUT2D eigenvalue weighted by atomic mass is 9.87. The van der Waals surface area contributed by atoms with Gasteiger partial charge in [-0.1, -0.05) is 35.4 Å². The second kappa shape index (κ2) is 9.35. The predicted octanol–water partition coefficient (Wildman–Crippen LogP) is 5.28. The predicted molar refractivity (Wildman–Crippen MR) is 131 cm³/mol. The van der Waals surface area contributed by atoms with Gasteiger partial charge in [0.15, 0.2) is 0 Å². The number of aromatic carboxylic acids is 1. The summed E-state index contributed by atoms with van der Waals surface area (Å²) in [6.07, 6.45) is 5.17. The van der Waals surface area contributed by atoms with E-state index < -0.39 is 18.0 Å².